The van der Waals surface area contributed by atoms with E-state index in [9.17, 15) is 0 Å². The molecule has 29 heavy (non-hydrogen) atoms. The largest absolute Gasteiger partial charge is 0.394 e. The monoisotopic (exact) mass is 510 g/mol. The van der Waals surface area contributed by atoms with Crippen molar-refractivity contribution in [3.8, 4) is 0 Å². The average molecular weight is 512 g/mol. The Morgan fingerprint density at radius 3 is 1.93 bits per heavy atom. The van der Waals surface area contributed by atoms with Crippen LogP contribution in [0, 0.1) is 0 Å². The fourth-order valence-corrected chi connectivity index (χ4v) is 7.19. The lowest BCUT2D eigenvalue weighted by molar-refractivity contribution is 0.157. The van der Waals surface area contributed by atoms with Gasteiger partial charge >= 0.3 is 8.56 Å². The normalized spacial score (nSPS) is 13.1. The van der Waals surface area contributed by atoms with Crippen LogP contribution < -0.4 is 0 Å². The van der Waals surface area contributed by atoms with E-state index in [0.29, 0.717) is 5.44 Å². The second-order valence-electron chi connectivity index (χ2n) is 8.74. The van der Waals surface area contributed by atoms with Gasteiger partial charge in [-0.05, 0) is 44.5 Å². The molecule has 5 heteroatoms. The van der Waals surface area contributed by atoms with Crippen LogP contribution in [0.5, 0.6) is 0 Å². The summed E-state index contributed by atoms with van der Waals surface area (Å²) in [5.74, 6) is 1.24. The van der Waals surface area contributed by atoms with Gasteiger partial charge in [0.05, 0.1) is 5.44 Å². The van der Waals surface area contributed by atoms with Crippen molar-refractivity contribution in [1.29, 1.82) is 0 Å². The molecule has 0 rings (SSSR count). The summed E-state index contributed by atoms with van der Waals surface area (Å²) in [6, 6.07) is 0. The zero-order chi connectivity index (χ0) is 21.6. The van der Waals surface area contributed by atoms with Gasteiger partial charge in [-0.2, -0.15) is 0 Å². The van der Waals surface area contributed by atoms with Gasteiger partial charge in [0.2, 0.25) is 0 Å². The number of unbranched alkanes of at least 4 members (excludes halogenated alkanes) is 12. The lowest BCUT2D eigenvalue weighted by atomic mass is 10.1. The number of thioether (sulfide) groups is 1. The molecule has 0 aliphatic rings. The first-order valence-electron chi connectivity index (χ1n) is 12.5. The Morgan fingerprint density at radius 2 is 1.28 bits per heavy atom. The van der Waals surface area contributed by atoms with Crippen LogP contribution in [0.2, 0.25) is 13.1 Å². The highest BCUT2D eigenvalue weighted by Crippen LogP contribution is 2.26. The second kappa shape index (κ2) is 22.2. The van der Waals surface area contributed by atoms with E-state index < -0.39 is 8.56 Å². The SMILES string of the molecule is CCCCCCCCSC(CCCCCCC)O[Si](C)(C)OCCCCCCBr. The molecule has 0 saturated heterocycles. The molecule has 0 N–H and O–H groups in total. The topological polar surface area (TPSA) is 18.5 Å². The molecule has 0 aromatic rings. The fourth-order valence-electron chi connectivity index (χ4n) is 3.41. The molecule has 0 aromatic carbocycles. The second-order valence-corrected chi connectivity index (χ2v) is 14.1. The molecule has 0 heterocycles. The van der Waals surface area contributed by atoms with E-state index in [2.05, 4.69) is 54.6 Å². The summed E-state index contributed by atoms with van der Waals surface area (Å²) in [4.78, 5) is 0. The molecule has 0 aromatic heterocycles. The van der Waals surface area contributed by atoms with E-state index in [0.717, 1.165) is 11.9 Å². The predicted molar refractivity (Wildman–Crippen MR) is 140 cm³/mol. The molecular weight excluding hydrogens is 460 g/mol. The van der Waals surface area contributed by atoms with Crippen molar-refractivity contribution >= 4 is 36.3 Å². The summed E-state index contributed by atoms with van der Waals surface area (Å²) < 4.78 is 12.8. The smallest absolute Gasteiger partial charge is 0.332 e. The first-order valence-corrected chi connectivity index (χ1v) is 17.5. The summed E-state index contributed by atoms with van der Waals surface area (Å²) in [7, 11) is -2.03. The van der Waals surface area contributed by atoms with Gasteiger partial charge in [0.1, 0.15) is 0 Å². The van der Waals surface area contributed by atoms with Crippen LogP contribution >= 0.6 is 27.7 Å². The Bertz CT molecular complexity index is 332. The molecule has 1 atom stereocenters. The quantitative estimate of drug-likeness (QED) is 0.0589. The molecule has 1 unspecified atom stereocenters. The number of rotatable bonds is 23. The van der Waals surface area contributed by atoms with Crippen molar-refractivity contribution in [2.24, 2.45) is 0 Å². The third-order valence-electron chi connectivity index (χ3n) is 5.24. The molecule has 0 aliphatic carbocycles. The van der Waals surface area contributed by atoms with Gasteiger partial charge in [-0.1, -0.05) is 107 Å². The van der Waals surface area contributed by atoms with E-state index >= 15 is 0 Å². The van der Waals surface area contributed by atoms with Crippen molar-refractivity contribution in [2.45, 2.75) is 135 Å². The van der Waals surface area contributed by atoms with Gasteiger partial charge in [-0.15, -0.1) is 11.8 Å². The summed E-state index contributed by atoms with van der Waals surface area (Å²) >= 11 is 5.56. The number of halogens is 1. The van der Waals surface area contributed by atoms with Gasteiger partial charge in [0.25, 0.3) is 0 Å². The summed E-state index contributed by atoms with van der Waals surface area (Å²) in [6.07, 6.45) is 21.1. The van der Waals surface area contributed by atoms with Crippen LogP contribution in [0.4, 0.5) is 0 Å². The van der Waals surface area contributed by atoms with Crippen molar-refractivity contribution in [2.75, 3.05) is 17.7 Å². The Morgan fingerprint density at radius 1 is 0.724 bits per heavy atom. The third kappa shape index (κ3) is 22.0. The standard InChI is InChI=1S/C24H51BrO2SSi/c1-5-7-9-11-15-19-23-28-24(20-16-12-10-8-6-2)27-29(3,4)26-22-18-14-13-17-21-25/h24H,5-23H2,1-4H3. The molecule has 0 aliphatic heterocycles. The Balaban J connectivity index is 4.17. The van der Waals surface area contributed by atoms with E-state index in [1.54, 1.807) is 0 Å². The maximum Gasteiger partial charge on any atom is 0.332 e. The molecule has 176 valence electrons. The summed E-state index contributed by atoms with van der Waals surface area (Å²) in [6.45, 7) is 9.91. The van der Waals surface area contributed by atoms with Crippen molar-refractivity contribution < 1.29 is 8.85 Å². The molecule has 0 saturated carbocycles. The van der Waals surface area contributed by atoms with Crippen LogP contribution in [-0.2, 0) is 8.85 Å². The maximum absolute atomic E-state index is 6.59. The highest BCUT2D eigenvalue weighted by atomic mass is 79.9. The Labute approximate surface area is 197 Å². The van der Waals surface area contributed by atoms with E-state index in [1.165, 1.54) is 108 Å². The summed E-state index contributed by atoms with van der Waals surface area (Å²) in [5, 5.41) is 1.12. The lowest BCUT2D eigenvalue weighted by Crippen LogP contribution is -2.38. The molecule has 0 spiro atoms. The van der Waals surface area contributed by atoms with Gasteiger partial charge in [0, 0.05) is 11.9 Å². The van der Waals surface area contributed by atoms with Crippen molar-refractivity contribution in [1.82, 2.24) is 0 Å². The first kappa shape index (κ1) is 30.0. The van der Waals surface area contributed by atoms with Crippen molar-refractivity contribution in [3.63, 3.8) is 0 Å². The van der Waals surface area contributed by atoms with E-state index in [1.807, 2.05) is 0 Å². The minimum absolute atomic E-state index is 0.335. The number of hydrogen-bond donors (Lipinski definition) is 0. The maximum atomic E-state index is 6.59. The van der Waals surface area contributed by atoms with E-state index in [-0.39, 0.29) is 0 Å². The molecule has 0 fully saturated rings. The van der Waals surface area contributed by atoms with E-state index in [4.69, 9.17) is 8.85 Å². The minimum Gasteiger partial charge on any atom is -0.394 e. The highest BCUT2D eigenvalue weighted by Gasteiger charge is 2.28. The van der Waals surface area contributed by atoms with Gasteiger partial charge in [-0.3, -0.25) is 0 Å². The molecule has 0 radical (unpaired) electrons. The number of hydrogen-bond acceptors (Lipinski definition) is 3. The fraction of sp³-hybridized carbons (Fsp3) is 1.00. The minimum atomic E-state index is -2.03. The van der Waals surface area contributed by atoms with Gasteiger partial charge in [-0.25, -0.2) is 0 Å². The first-order chi connectivity index (χ1) is 14.1. The van der Waals surface area contributed by atoms with Crippen LogP contribution in [0.1, 0.15) is 117 Å². The highest BCUT2D eigenvalue weighted by molar-refractivity contribution is 9.09. The molecule has 0 bridgehead atoms. The van der Waals surface area contributed by atoms with Crippen LogP contribution in [0.3, 0.4) is 0 Å². The zero-order valence-corrected chi connectivity index (χ0v) is 23.5. The Kier molecular flexibility index (Phi) is 22.9. The van der Waals surface area contributed by atoms with Crippen LogP contribution in [-0.4, -0.2) is 31.7 Å². The van der Waals surface area contributed by atoms with Gasteiger partial charge in [0.15, 0.2) is 0 Å². The van der Waals surface area contributed by atoms with Gasteiger partial charge < -0.3 is 8.85 Å². The average Bonchev–Trinajstić information content (AvgIpc) is 2.69. The lowest BCUT2D eigenvalue weighted by Gasteiger charge is -2.29. The zero-order valence-electron chi connectivity index (χ0n) is 20.1. The summed E-state index contributed by atoms with van der Waals surface area (Å²) in [5.41, 5.74) is 0.335. The molecule has 0 amide bonds. The third-order valence-corrected chi connectivity index (χ3v) is 8.95. The Hall–Kier alpha value is 0.967. The van der Waals surface area contributed by atoms with Crippen molar-refractivity contribution in [3.05, 3.63) is 0 Å². The molecule has 2 nitrogen and oxygen atoms in total. The predicted octanol–water partition coefficient (Wildman–Crippen LogP) is 9.46. The van der Waals surface area contributed by atoms with Crippen LogP contribution in [0.25, 0.3) is 0 Å². The number of alkyl halides is 1. The van der Waals surface area contributed by atoms with Crippen LogP contribution in [0.15, 0.2) is 0 Å². The molecular formula is C24H51BrO2SSi.